The summed E-state index contributed by atoms with van der Waals surface area (Å²) in [5.41, 5.74) is 0.629. The maximum Gasteiger partial charge on any atom is 0.407 e. The zero-order valence-corrected chi connectivity index (χ0v) is 7.09. The lowest BCUT2D eigenvalue weighted by atomic mass is 10.5. The zero-order valence-electron chi connectivity index (χ0n) is 6.27. The van der Waals surface area contributed by atoms with E-state index >= 15 is 0 Å². The Kier molecular flexibility index (Phi) is 2.27. The molecule has 6 heteroatoms. The van der Waals surface area contributed by atoms with Gasteiger partial charge < -0.3 is 5.10 Å². The van der Waals surface area contributed by atoms with Crippen molar-refractivity contribution in [1.82, 2.24) is 9.78 Å². The number of aryl methyl sites for hydroxylation is 1. The van der Waals surface area contributed by atoms with Gasteiger partial charge >= 0.3 is 6.18 Å². The lowest BCUT2D eigenvalue weighted by Gasteiger charge is -2.06. The monoisotopic (exact) mass is 196 g/mol. The average Bonchev–Trinajstić information content (AvgIpc) is 2.06. The molecular weight excluding hydrogens is 189 g/mol. The Morgan fingerprint density at radius 2 is 2.17 bits per heavy atom. The van der Waals surface area contributed by atoms with Crippen molar-refractivity contribution in [3.8, 4) is 0 Å². The van der Waals surface area contributed by atoms with Gasteiger partial charge in [0.1, 0.15) is 11.2 Å². The van der Waals surface area contributed by atoms with Crippen molar-refractivity contribution < 1.29 is 13.2 Å². The topological polar surface area (TPSA) is 20.7 Å². The summed E-state index contributed by atoms with van der Waals surface area (Å²) >= 11 is 4.67. The fraction of sp³-hybridized carbons (Fsp3) is 0.500. The average molecular weight is 196 g/mol. The van der Waals surface area contributed by atoms with Crippen LogP contribution in [0.2, 0.25) is 0 Å². The van der Waals surface area contributed by atoms with Crippen molar-refractivity contribution in [2.24, 2.45) is 0 Å². The van der Waals surface area contributed by atoms with Crippen LogP contribution in [-0.2, 0) is 6.54 Å². The Balaban J connectivity index is 2.90. The van der Waals surface area contributed by atoms with Gasteiger partial charge in [-0.2, -0.15) is 13.2 Å². The molecule has 0 aromatic carbocycles. The second-order valence-corrected chi connectivity index (χ2v) is 2.90. The van der Waals surface area contributed by atoms with Crippen molar-refractivity contribution in [2.45, 2.75) is 19.6 Å². The zero-order chi connectivity index (χ0) is 9.35. The minimum absolute atomic E-state index is 0.171. The smallest absolute Gasteiger partial charge is 0.302 e. The second kappa shape index (κ2) is 2.93. The molecule has 1 heterocycles. The van der Waals surface area contributed by atoms with Crippen LogP contribution in [-0.4, -0.2) is 16.0 Å². The Morgan fingerprint density at radius 1 is 1.58 bits per heavy atom. The molecule has 1 rings (SSSR count). The van der Waals surface area contributed by atoms with Gasteiger partial charge in [-0.05, 0) is 13.0 Å². The molecule has 68 valence electrons. The third-order valence-corrected chi connectivity index (χ3v) is 1.59. The van der Waals surface area contributed by atoms with E-state index in [0.29, 0.717) is 5.69 Å². The lowest BCUT2D eigenvalue weighted by molar-refractivity contribution is -0.142. The first kappa shape index (κ1) is 9.31. The van der Waals surface area contributed by atoms with E-state index in [1.807, 2.05) is 0 Å². The van der Waals surface area contributed by atoms with Crippen LogP contribution in [0.15, 0.2) is 6.07 Å². The summed E-state index contributed by atoms with van der Waals surface area (Å²) < 4.78 is 36.6. The summed E-state index contributed by atoms with van der Waals surface area (Å²) in [5, 5.41) is 2.49. The Hall–Kier alpha value is -0.780. The van der Waals surface area contributed by atoms with Crippen LogP contribution < -0.4 is 0 Å². The normalized spacial score (nSPS) is 12.0. The summed E-state index contributed by atoms with van der Waals surface area (Å²) in [6, 6.07) is 1.49. The SMILES string of the molecule is Cc1cc(=S)n(CC(F)(F)F)[nH]1. The van der Waals surface area contributed by atoms with E-state index in [4.69, 9.17) is 0 Å². The maximum absolute atomic E-state index is 11.8. The number of nitrogens with zero attached hydrogens (tertiary/aromatic N) is 1. The van der Waals surface area contributed by atoms with Crippen molar-refractivity contribution in [1.29, 1.82) is 0 Å². The van der Waals surface area contributed by atoms with E-state index in [9.17, 15) is 13.2 Å². The van der Waals surface area contributed by atoms with E-state index < -0.39 is 12.7 Å². The molecule has 0 radical (unpaired) electrons. The number of halogens is 3. The minimum Gasteiger partial charge on any atom is -0.302 e. The minimum atomic E-state index is -4.23. The molecule has 1 N–H and O–H groups in total. The summed E-state index contributed by atoms with van der Waals surface area (Å²) in [4.78, 5) is 0. The van der Waals surface area contributed by atoms with Gasteiger partial charge in [0.15, 0.2) is 0 Å². The highest BCUT2D eigenvalue weighted by molar-refractivity contribution is 7.71. The first-order valence-corrected chi connectivity index (χ1v) is 3.62. The molecule has 0 saturated carbocycles. The second-order valence-electron chi connectivity index (χ2n) is 2.48. The van der Waals surface area contributed by atoms with Crippen molar-refractivity contribution in [3.05, 3.63) is 16.4 Å². The molecular formula is C6H7F3N2S. The van der Waals surface area contributed by atoms with Crippen molar-refractivity contribution in [2.75, 3.05) is 0 Å². The third kappa shape index (κ3) is 2.37. The molecule has 0 atom stereocenters. The van der Waals surface area contributed by atoms with Crippen LogP contribution in [0.4, 0.5) is 13.2 Å². The highest BCUT2D eigenvalue weighted by Gasteiger charge is 2.28. The van der Waals surface area contributed by atoms with Crippen molar-refractivity contribution >= 4 is 12.2 Å². The summed E-state index contributed by atoms with van der Waals surface area (Å²) in [6.45, 7) is 0.600. The van der Waals surface area contributed by atoms with E-state index in [1.165, 1.54) is 6.07 Å². The van der Waals surface area contributed by atoms with Gasteiger partial charge in [0.05, 0.1) is 0 Å². The number of hydrogen-bond acceptors (Lipinski definition) is 1. The summed E-state index contributed by atoms with van der Waals surface area (Å²) in [5.74, 6) is 0. The van der Waals surface area contributed by atoms with Gasteiger partial charge in [0.25, 0.3) is 0 Å². The molecule has 0 aliphatic carbocycles. The molecule has 2 nitrogen and oxygen atoms in total. The lowest BCUT2D eigenvalue weighted by Crippen LogP contribution is -2.18. The number of H-pyrrole nitrogens is 1. The van der Waals surface area contributed by atoms with Gasteiger partial charge in [0.2, 0.25) is 0 Å². The molecule has 0 amide bonds. The van der Waals surface area contributed by atoms with Crippen molar-refractivity contribution in [3.63, 3.8) is 0 Å². The quantitative estimate of drug-likeness (QED) is 0.684. The van der Waals surface area contributed by atoms with Gasteiger partial charge in [-0.3, -0.25) is 4.68 Å². The number of alkyl halides is 3. The first-order chi connectivity index (χ1) is 5.38. The Bertz CT molecular complexity index is 322. The van der Waals surface area contributed by atoms with Crippen LogP contribution in [0, 0.1) is 11.6 Å². The first-order valence-electron chi connectivity index (χ1n) is 3.22. The molecule has 1 aromatic rings. The maximum atomic E-state index is 11.8. The van der Waals surface area contributed by atoms with Gasteiger partial charge in [-0.1, -0.05) is 12.2 Å². The predicted molar refractivity (Wildman–Crippen MR) is 40.4 cm³/mol. The molecule has 12 heavy (non-hydrogen) atoms. The Morgan fingerprint density at radius 3 is 2.50 bits per heavy atom. The highest BCUT2D eigenvalue weighted by Crippen LogP contribution is 2.17. The predicted octanol–water partition coefficient (Wildman–Crippen LogP) is 2.42. The number of nitrogens with one attached hydrogen (secondary N) is 1. The highest BCUT2D eigenvalue weighted by atomic mass is 32.1. The van der Waals surface area contributed by atoms with E-state index in [1.54, 1.807) is 6.92 Å². The molecule has 0 unspecified atom stereocenters. The molecule has 0 aliphatic rings. The number of aromatic amines is 1. The molecule has 0 bridgehead atoms. The van der Waals surface area contributed by atoms with E-state index in [-0.39, 0.29) is 4.64 Å². The standard InChI is InChI=1S/C6H7F3N2S/c1-4-2-5(12)11(10-4)3-6(7,8)9/h2,10H,3H2,1H3. The molecule has 1 aromatic heterocycles. The van der Waals surface area contributed by atoms with E-state index in [2.05, 4.69) is 17.3 Å². The van der Waals surface area contributed by atoms with Gasteiger partial charge in [0, 0.05) is 5.69 Å². The Labute approximate surface area is 72.0 Å². The number of aromatic nitrogens is 2. The van der Waals surface area contributed by atoms with Gasteiger partial charge in [-0.15, -0.1) is 0 Å². The van der Waals surface area contributed by atoms with Crippen LogP contribution >= 0.6 is 12.2 Å². The van der Waals surface area contributed by atoms with Crippen LogP contribution in [0.3, 0.4) is 0 Å². The van der Waals surface area contributed by atoms with Crippen LogP contribution in [0.25, 0.3) is 0 Å². The molecule has 0 saturated heterocycles. The summed E-state index contributed by atoms with van der Waals surface area (Å²) in [6.07, 6.45) is -4.23. The van der Waals surface area contributed by atoms with E-state index in [0.717, 1.165) is 4.68 Å². The number of rotatable bonds is 1. The fourth-order valence-corrected chi connectivity index (χ4v) is 1.15. The van der Waals surface area contributed by atoms with Crippen LogP contribution in [0.5, 0.6) is 0 Å². The molecule has 0 spiro atoms. The molecule has 0 aliphatic heterocycles. The largest absolute Gasteiger partial charge is 0.407 e. The fourth-order valence-electron chi connectivity index (χ4n) is 0.860. The van der Waals surface area contributed by atoms with Gasteiger partial charge in [-0.25, -0.2) is 0 Å². The van der Waals surface area contributed by atoms with Crippen LogP contribution in [0.1, 0.15) is 5.69 Å². The summed E-state index contributed by atoms with van der Waals surface area (Å²) in [7, 11) is 0. The number of hydrogen-bond donors (Lipinski definition) is 1. The molecule has 0 fully saturated rings. The third-order valence-electron chi connectivity index (χ3n) is 1.25.